The third kappa shape index (κ3) is 5.90. The number of amides is 2. The Morgan fingerprint density at radius 3 is 2.22 bits per heavy atom. The lowest BCUT2D eigenvalue weighted by atomic mass is 10.1. The number of aliphatic hydroxyl groups excluding tert-OH is 1. The molecule has 5 nitrogen and oxygen atoms in total. The predicted molar refractivity (Wildman–Crippen MR) is 76.8 cm³/mol. The first kappa shape index (κ1) is 19.0. The van der Waals surface area contributed by atoms with Crippen molar-refractivity contribution in [3.05, 3.63) is 35.1 Å². The van der Waals surface area contributed by atoms with Crippen LogP contribution in [0.2, 0.25) is 0 Å². The topological polar surface area (TPSA) is 78.4 Å². The quantitative estimate of drug-likeness (QED) is 0.632. The van der Waals surface area contributed by atoms with Gasteiger partial charge in [-0.25, -0.2) is 13.2 Å². The van der Waals surface area contributed by atoms with Gasteiger partial charge in [-0.2, -0.15) is 0 Å². The molecule has 1 rings (SSSR count). The summed E-state index contributed by atoms with van der Waals surface area (Å²) in [5.41, 5.74) is -0.104. The lowest BCUT2D eigenvalue weighted by Crippen LogP contribution is -2.32. The Hall–Kier alpha value is -2.09. The fourth-order valence-electron chi connectivity index (χ4n) is 1.86. The molecule has 0 spiro atoms. The summed E-state index contributed by atoms with van der Waals surface area (Å²) in [5.74, 6) is -5.30. The Kier molecular flexibility index (Phi) is 7.53. The van der Waals surface area contributed by atoms with Crippen LogP contribution in [0, 0.1) is 17.5 Å². The molecule has 0 radical (unpaired) electrons. The van der Waals surface area contributed by atoms with Crippen LogP contribution in [0.25, 0.3) is 0 Å². The molecule has 23 heavy (non-hydrogen) atoms. The van der Waals surface area contributed by atoms with E-state index in [1.807, 2.05) is 6.92 Å². The van der Waals surface area contributed by atoms with Crippen molar-refractivity contribution < 1.29 is 27.9 Å². The number of carbonyl (C=O) groups is 2. The van der Waals surface area contributed by atoms with Crippen LogP contribution in [-0.2, 0) is 9.59 Å². The van der Waals surface area contributed by atoms with E-state index in [2.05, 4.69) is 10.6 Å². The largest absolute Gasteiger partial charge is 0.394 e. The monoisotopic (exact) mass is 332 g/mol. The smallest absolute Gasteiger partial charge is 0.221 e. The minimum absolute atomic E-state index is 0.0455. The molecule has 2 amide bonds. The molecular formula is C15H19F3N2O3. The standard InChI is InChI=1S/C15H19F3N2O3/c1-2-5-19-13(22)3-4-14(23)20-12(8-21)9-6-10(16)15(18)11(17)7-9/h6-7,12,21H,2-5,8H2,1H3,(H,19,22)(H,20,23). The van der Waals surface area contributed by atoms with E-state index in [0.29, 0.717) is 18.7 Å². The van der Waals surface area contributed by atoms with Crippen LogP contribution in [0.5, 0.6) is 0 Å². The minimum atomic E-state index is -1.62. The van der Waals surface area contributed by atoms with Gasteiger partial charge in [-0.3, -0.25) is 9.59 Å². The predicted octanol–water partition coefficient (Wildman–Crippen LogP) is 1.56. The summed E-state index contributed by atoms with van der Waals surface area (Å²) in [7, 11) is 0. The van der Waals surface area contributed by atoms with Crippen molar-refractivity contribution in [3.8, 4) is 0 Å². The van der Waals surface area contributed by atoms with E-state index >= 15 is 0 Å². The number of benzene rings is 1. The molecule has 1 atom stereocenters. The SMILES string of the molecule is CCCNC(=O)CCC(=O)NC(CO)c1cc(F)c(F)c(F)c1. The number of hydrogen-bond acceptors (Lipinski definition) is 3. The second-order valence-corrected chi connectivity index (χ2v) is 4.95. The van der Waals surface area contributed by atoms with Crippen molar-refractivity contribution in [1.29, 1.82) is 0 Å². The molecule has 0 aromatic heterocycles. The zero-order valence-electron chi connectivity index (χ0n) is 12.7. The number of nitrogens with one attached hydrogen (secondary N) is 2. The number of carbonyl (C=O) groups excluding carboxylic acids is 2. The summed E-state index contributed by atoms with van der Waals surface area (Å²) in [6, 6.07) is 0.312. The van der Waals surface area contributed by atoms with Crippen LogP contribution in [-0.4, -0.2) is 30.1 Å². The first-order valence-corrected chi connectivity index (χ1v) is 7.20. The van der Waals surface area contributed by atoms with E-state index in [-0.39, 0.29) is 24.3 Å². The second-order valence-electron chi connectivity index (χ2n) is 4.95. The summed E-state index contributed by atoms with van der Waals surface area (Å²) in [6.07, 6.45) is 0.584. The van der Waals surface area contributed by atoms with E-state index in [4.69, 9.17) is 0 Å². The van der Waals surface area contributed by atoms with Crippen LogP contribution in [0.4, 0.5) is 13.2 Å². The summed E-state index contributed by atoms with van der Waals surface area (Å²) in [5, 5.41) is 14.2. The summed E-state index contributed by atoms with van der Waals surface area (Å²) in [4.78, 5) is 23.1. The summed E-state index contributed by atoms with van der Waals surface area (Å²) in [6.45, 7) is 1.77. The number of rotatable bonds is 8. The van der Waals surface area contributed by atoms with Crippen molar-refractivity contribution in [2.24, 2.45) is 0 Å². The van der Waals surface area contributed by atoms with Crippen molar-refractivity contribution in [1.82, 2.24) is 10.6 Å². The number of aliphatic hydroxyl groups is 1. The third-order valence-electron chi connectivity index (χ3n) is 3.08. The molecule has 0 saturated carbocycles. The molecule has 0 saturated heterocycles. The van der Waals surface area contributed by atoms with Crippen molar-refractivity contribution in [3.63, 3.8) is 0 Å². The molecule has 1 unspecified atom stereocenters. The highest BCUT2D eigenvalue weighted by molar-refractivity contribution is 5.83. The van der Waals surface area contributed by atoms with Gasteiger partial charge in [0.25, 0.3) is 0 Å². The molecule has 1 aromatic rings. The maximum Gasteiger partial charge on any atom is 0.221 e. The second kappa shape index (κ2) is 9.14. The van der Waals surface area contributed by atoms with Crippen molar-refractivity contribution in [2.75, 3.05) is 13.2 Å². The van der Waals surface area contributed by atoms with E-state index in [0.717, 1.165) is 6.42 Å². The van der Waals surface area contributed by atoms with Gasteiger partial charge in [0.2, 0.25) is 11.8 Å². The average Bonchev–Trinajstić information content (AvgIpc) is 2.53. The van der Waals surface area contributed by atoms with Crippen LogP contribution in [0.3, 0.4) is 0 Å². The lowest BCUT2D eigenvalue weighted by Gasteiger charge is -2.17. The van der Waals surface area contributed by atoms with Gasteiger partial charge in [0.05, 0.1) is 12.6 Å². The minimum Gasteiger partial charge on any atom is -0.394 e. The van der Waals surface area contributed by atoms with Gasteiger partial charge in [-0.15, -0.1) is 0 Å². The van der Waals surface area contributed by atoms with Gasteiger partial charge in [0, 0.05) is 19.4 Å². The fourth-order valence-corrected chi connectivity index (χ4v) is 1.86. The fraction of sp³-hybridized carbons (Fsp3) is 0.467. The Bertz CT molecular complexity index is 544. The zero-order valence-corrected chi connectivity index (χ0v) is 12.7. The van der Waals surface area contributed by atoms with E-state index in [1.165, 1.54) is 0 Å². The summed E-state index contributed by atoms with van der Waals surface area (Å²) < 4.78 is 39.3. The molecule has 0 aliphatic carbocycles. The van der Waals surface area contributed by atoms with Crippen LogP contribution >= 0.6 is 0 Å². The Labute approximate surface area is 131 Å². The first-order chi connectivity index (χ1) is 10.9. The Balaban J connectivity index is 2.62. The number of hydrogen-bond donors (Lipinski definition) is 3. The molecule has 0 heterocycles. The highest BCUT2D eigenvalue weighted by Crippen LogP contribution is 2.19. The molecule has 0 aliphatic heterocycles. The van der Waals surface area contributed by atoms with Gasteiger partial charge < -0.3 is 15.7 Å². The Morgan fingerprint density at radius 1 is 1.13 bits per heavy atom. The van der Waals surface area contributed by atoms with Crippen LogP contribution in [0.15, 0.2) is 12.1 Å². The van der Waals surface area contributed by atoms with Crippen molar-refractivity contribution in [2.45, 2.75) is 32.2 Å². The molecule has 8 heteroatoms. The van der Waals surface area contributed by atoms with Crippen LogP contribution < -0.4 is 10.6 Å². The number of halogens is 3. The van der Waals surface area contributed by atoms with Crippen molar-refractivity contribution >= 4 is 11.8 Å². The van der Waals surface area contributed by atoms with Gasteiger partial charge in [0.1, 0.15) is 0 Å². The van der Waals surface area contributed by atoms with Gasteiger partial charge in [-0.1, -0.05) is 6.92 Å². The van der Waals surface area contributed by atoms with Gasteiger partial charge in [-0.05, 0) is 24.1 Å². The normalized spacial score (nSPS) is 11.9. The third-order valence-corrected chi connectivity index (χ3v) is 3.08. The van der Waals surface area contributed by atoms with Crippen LogP contribution in [0.1, 0.15) is 37.8 Å². The molecule has 0 fully saturated rings. The van der Waals surface area contributed by atoms with Gasteiger partial charge in [0.15, 0.2) is 17.5 Å². The Morgan fingerprint density at radius 2 is 1.70 bits per heavy atom. The zero-order chi connectivity index (χ0) is 17.4. The summed E-state index contributed by atoms with van der Waals surface area (Å²) >= 11 is 0. The van der Waals surface area contributed by atoms with Gasteiger partial charge >= 0.3 is 0 Å². The molecule has 0 aliphatic rings. The molecular weight excluding hydrogens is 313 g/mol. The first-order valence-electron chi connectivity index (χ1n) is 7.20. The maximum absolute atomic E-state index is 13.2. The molecule has 3 N–H and O–H groups in total. The van der Waals surface area contributed by atoms with E-state index in [1.54, 1.807) is 0 Å². The van der Waals surface area contributed by atoms with E-state index in [9.17, 15) is 27.9 Å². The molecule has 1 aromatic carbocycles. The van der Waals surface area contributed by atoms with E-state index < -0.39 is 36.0 Å². The molecule has 0 bridgehead atoms. The average molecular weight is 332 g/mol. The highest BCUT2D eigenvalue weighted by Gasteiger charge is 2.19. The lowest BCUT2D eigenvalue weighted by molar-refractivity contribution is -0.127. The maximum atomic E-state index is 13.2. The highest BCUT2D eigenvalue weighted by atomic mass is 19.2. The molecule has 128 valence electrons.